The Morgan fingerprint density at radius 2 is 1.55 bits per heavy atom. The molecule has 2 atom stereocenters. The Morgan fingerprint density at radius 1 is 0.931 bits per heavy atom. The number of ketones is 1. The lowest BCUT2D eigenvalue weighted by Gasteiger charge is -2.39. The Morgan fingerprint density at radius 3 is 2.10 bits per heavy atom. The van der Waals surface area contributed by atoms with Crippen LogP contribution in [0.2, 0.25) is 0 Å². The smallest absolute Gasteiger partial charge is 0.261 e. The third-order valence-corrected chi connectivity index (χ3v) is 6.75. The lowest BCUT2D eigenvalue weighted by atomic mass is 9.91. The molecule has 2 saturated heterocycles. The summed E-state index contributed by atoms with van der Waals surface area (Å²) in [5.41, 5.74) is 1.21. The predicted octanol–water partition coefficient (Wildman–Crippen LogP) is 0.124. The van der Waals surface area contributed by atoms with Gasteiger partial charge in [0.2, 0.25) is 6.04 Å². The van der Waals surface area contributed by atoms with E-state index in [-0.39, 0.29) is 17.9 Å². The van der Waals surface area contributed by atoms with Gasteiger partial charge in [-0.25, -0.2) is 0 Å². The highest BCUT2D eigenvalue weighted by molar-refractivity contribution is 7.98. The summed E-state index contributed by atoms with van der Waals surface area (Å²) >= 11 is 1.74. The molecule has 1 aromatic carbocycles. The maximum atomic E-state index is 13.7. The normalized spacial score (nSPS) is 21.0. The van der Waals surface area contributed by atoms with Crippen LogP contribution in [0.25, 0.3) is 0 Å². The van der Waals surface area contributed by atoms with Crippen molar-refractivity contribution < 1.29 is 28.5 Å². The molecule has 29 heavy (non-hydrogen) atoms. The summed E-state index contributed by atoms with van der Waals surface area (Å²) in [6.07, 6.45) is 3.67. The van der Waals surface area contributed by atoms with Gasteiger partial charge in [0, 0.05) is 10.5 Å². The SMILES string of the molecule is CSc1ccc(C(C(C(=O)c2ccco2)[NH+]2CCOCC2)[NH+]2CCOCC2)cc1. The minimum Gasteiger partial charge on any atom is -0.461 e. The molecule has 2 unspecified atom stereocenters. The molecule has 0 amide bonds. The Kier molecular flexibility index (Phi) is 7.05. The summed E-state index contributed by atoms with van der Waals surface area (Å²) in [6.45, 7) is 6.31. The fourth-order valence-corrected chi connectivity index (χ4v) is 4.92. The van der Waals surface area contributed by atoms with E-state index >= 15 is 0 Å². The number of quaternary nitrogens is 2. The number of ether oxygens (including phenoxy) is 2. The van der Waals surface area contributed by atoms with Crippen molar-refractivity contribution >= 4 is 17.5 Å². The van der Waals surface area contributed by atoms with Gasteiger partial charge in [0.15, 0.2) is 11.8 Å². The van der Waals surface area contributed by atoms with Crippen LogP contribution in [-0.4, -0.2) is 70.7 Å². The molecule has 2 aromatic rings. The number of furan rings is 1. The second-order valence-corrected chi connectivity index (χ2v) is 8.49. The molecule has 0 radical (unpaired) electrons. The zero-order chi connectivity index (χ0) is 20.1. The van der Waals surface area contributed by atoms with Crippen LogP contribution in [0.5, 0.6) is 0 Å². The van der Waals surface area contributed by atoms with Gasteiger partial charge in [-0.2, -0.15) is 0 Å². The number of hydrogen-bond acceptors (Lipinski definition) is 5. The molecule has 2 fully saturated rings. The maximum Gasteiger partial charge on any atom is 0.261 e. The quantitative estimate of drug-likeness (QED) is 0.494. The van der Waals surface area contributed by atoms with Crippen molar-refractivity contribution in [1.82, 2.24) is 0 Å². The molecule has 0 bridgehead atoms. The van der Waals surface area contributed by atoms with E-state index in [0.717, 1.165) is 39.4 Å². The minimum absolute atomic E-state index is 0.0560. The highest BCUT2D eigenvalue weighted by Crippen LogP contribution is 2.21. The van der Waals surface area contributed by atoms with Crippen LogP contribution in [0.3, 0.4) is 0 Å². The fraction of sp³-hybridized carbons (Fsp3) is 0.500. The second-order valence-electron chi connectivity index (χ2n) is 7.61. The predicted molar refractivity (Wildman–Crippen MR) is 111 cm³/mol. The first-order chi connectivity index (χ1) is 14.3. The van der Waals surface area contributed by atoms with Gasteiger partial charge in [-0.1, -0.05) is 12.1 Å². The Hall–Kier alpha value is -1.64. The third kappa shape index (κ3) is 4.75. The molecule has 0 aliphatic carbocycles. The summed E-state index contributed by atoms with van der Waals surface area (Å²) in [5.74, 6) is 0.539. The van der Waals surface area contributed by atoms with Crippen LogP contribution in [0, 0.1) is 0 Å². The van der Waals surface area contributed by atoms with E-state index < -0.39 is 0 Å². The maximum absolute atomic E-state index is 13.7. The van der Waals surface area contributed by atoms with E-state index in [9.17, 15) is 4.79 Å². The van der Waals surface area contributed by atoms with E-state index in [1.54, 1.807) is 30.2 Å². The Balaban J connectivity index is 1.74. The van der Waals surface area contributed by atoms with Crippen LogP contribution >= 0.6 is 11.8 Å². The Bertz CT molecular complexity index is 769. The van der Waals surface area contributed by atoms with Crippen LogP contribution in [0.1, 0.15) is 22.2 Å². The highest BCUT2D eigenvalue weighted by atomic mass is 32.2. The first-order valence-electron chi connectivity index (χ1n) is 10.3. The van der Waals surface area contributed by atoms with Crippen molar-refractivity contribution in [1.29, 1.82) is 0 Å². The molecular formula is C22H30N2O4S+2. The lowest BCUT2D eigenvalue weighted by molar-refractivity contribution is -0.999. The lowest BCUT2D eigenvalue weighted by Crippen LogP contribution is -3.25. The van der Waals surface area contributed by atoms with E-state index in [1.165, 1.54) is 20.3 Å². The van der Waals surface area contributed by atoms with Crippen molar-refractivity contribution in [3.8, 4) is 0 Å². The monoisotopic (exact) mass is 418 g/mol. The van der Waals surface area contributed by atoms with Crippen molar-refractivity contribution in [3.05, 3.63) is 54.0 Å². The van der Waals surface area contributed by atoms with Gasteiger partial charge < -0.3 is 23.7 Å². The van der Waals surface area contributed by atoms with Gasteiger partial charge >= 0.3 is 0 Å². The summed E-state index contributed by atoms with van der Waals surface area (Å²) in [5, 5.41) is 0. The van der Waals surface area contributed by atoms with Crippen LogP contribution in [0.15, 0.2) is 52.0 Å². The number of benzene rings is 1. The van der Waals surface area contributed by atoms with E-state index in [0.29, 0.717) is 19.0 Å². The van der Waals surface area contributed by atoms with Crippen molar-refractivity contribution in [2.45, 2.75) is 17.0 Å². The molecule has 2 aliphatic rings. The largest absolute Gasteiger partial charge is 0.461 e. The van der Waals surface area contributed by atoms with Gasteiger partial charge in [-0.15, -0.1) is 11.8 Å². The van der Waals surface area contributed by atoms with Crippen molar-refractivity contribution in [3.63, 3.8) is 0 Å². The zero-order valence-corrected chi connectivity index (χ0v) is 17.7. The number of hydrogen-bond donors (Lipinski definition) is 2. The summed E-state index contributed by atoms with van der Waals surface area (Å²) in [6, 6.07) is 12.1. The molecule has 2 N–H and O–H groups in total. The zero-order valence-electron chi connectivity index (χ0n) is 16.9. The number of carbonyl (C=O) groups is 1. The van der Waals surface area contributed by atoms with Crippen LogP contribution in [-0.2, 0) is 9.47 Å². The van der Waals surface area contributed by atoms with Crippen molar-refractivity contribution in [2.75, 3.05) is 58.9 Å². The summed E-state index contributed by atoms with van der Waals surface area (Å²) in [4.78, 5) is 17.6. The third-order valence-electron chi connectivity index (χ3n) is 6.00. The average Bonchev–Trinajstić information content (AvgIpc) is 3.33. The van der Waals surface area contributed by atoms with E-state index in [4.69, 9.17) is 13.9 Å². The first kappa shape index (κ1) is 20.6. The fourth-order valence-electron chi connectivity index (χ4n) is 4.51. The van der Waals surface area contributed by atoms with E-state index in [2.05, 4.69) is 30.5 Å². The van der Waals surface area contributed by atoms with Crippen LogP contribution in [0.4, 0.5) is 0 Å². The van der Waals surface area contributed by atoms with Crippen LogP contribution < -0.4 is 9.80 Å². The molecule has 1 aromatic heterocycles. The molecule has 3 heterocycles. The topological polar surface area (TPSA) is 57.5 Å². The van der Waals surface area contributed by atoms with Gasteiger partial charge in [0.25, 0.3) is 5.78 Å². The number of carbonyl (C=O) groups excluding carboxylic acids is 1. The van der Waals surface area contributed by atoms with Gasteiger partial charge in [-0.05, 0) is 30.5 Å². The number of thioether (sulfide) groups is 1. The first-order valence-corrected chi connectivity index (χ1v) is 11.6. The molecular weight excluding hydrogens is 388 g/mol. The standard InChI is InChI=1S/C22H28N2O4S/c1-29-18-6-4-17(5-7-18)20(23-8-13-26-14-9-23)21(24-10-15-27-16-11-24)22(25)19-3-2-12-28-19/h2-7,12,20-21H,8-11,13-16H2,1H3/p+2. The summed E-state index contributed by atoms with van der Waals surface area (Å²) in [7, 11) is 0. The van der Waals surface area contributed by atoms with Gasteiger partial charge in [0.1, 0.15) is 26.2 Å². The molecule has 7 heteroatoms. The number of rotatable bonds is 7. The molecule has 0 saturated carbocycles. The Labute approximate surface area is 176 Å². The minimum atomic E-state index is -0.210. The number of Topliss-reactive ketones (excluding diaryl/α,β-unsaturated/α-hetero) is 1. The second kappa shape index (κ2) is 9.91. The van der Waals surface area contributed by atoms with Gasteiger partial charge in [-0.3, -0.25) is 4.79 Å². The molecule has 2 aliphatic heterocycles. The highest BCUT2D eigenvalue weighted by Gasteiger charge is 2.46. The molecule has 156 valence electrons. The molecule has 6 nitrogen and oxygen atoms in total. The number of nitrogens with one attached hydrogen (secondary N) is 2. The average molecular weight is 419 g/mol. The van der Waals surface area contributed by atoms with Crippen molar-refractivity contribution in [2.24, 2.45) is 0 Å². The van der Waals surface area contributed by atoms with E-state index in [1.807, 2.05) is 0 Å². The molecule has 4 rings (SSSR count). The summed E-state index contributed by atoms with van der Waals surface area (Å²) < 4.78 is 16.8. The number of morpholine rings is 2. The van der Waals surface area contributed by atoms with Gasteiger partial charge in [0.05, 0.1) is 32.7 Å². The molecule has 0 spiro atoms.